The van der Waals surface area contributed by atoms with E-state index in [1.807, 2.05) is 0 Å². The number of nitrogens with zero attached hydrogens (tertiary/aromatic N) is 2. The van der Waals surface area contributed by atoms with E-state index in [-0.39, 0.29) is 18.5 Å². The van der Waals surface area contributed by atoms with Crippen molar-refractivity contribution in [2.24, 2.45) is 5.92 Å². The van der Waals surface area contributed by atoms with Crippen molar-refractivity contribution >= 4 is 23.5 Å². The summed E-state index contributed by atoms with van der Waals surface area (Å²) >= 11 is 0. The van der Waals surface area contributed by atoms with Crippen molar-refractivity contribution < 1.29 is 19.5 Å². The third-order valence-corrected chi connectivity index (χ3v) is 2.91. The lowest BCUT2D eigenvalue weighted by Gasteiger charge is -2.05. The van der Waals surface area contributed by atoms with Crippen molar-refractivity contribution in [3.8, 4) is 0 Å². The molecule has 0 radical (unpaired) electrons. The normalized spacial score (nSPS) is 15.4. The second kappa shape index (κ2) is 5.72. The van der Waals surface area contributed by atoms with Crippen LogP contribution < -0.4 is 10.6 Å². The molecule has 1 atom stereocenters. The second-order valence-electron chi connectivity index (χ2n) is 4.82. The lowest BCUT2D eigenvalue weighted by Crippen LogP contribution is -2.29. The predicted molar refractivity (Wildman–Crippen MR) is 68.8 cm³/mol. The third-order valence-electron chi connectivity index (χ3n) is 2.91. The van der Waals surface area contributed by atoms with Crippen LogP contribution in [-0.2, 0) is 20.9 Å². The Hall–Kier alpha value is -2.38. The minimum atomic E-state index is -1.20. The maximum atomic E-state index is 11.6. The smallest absolute Gasteiger partial charge is 0.315 e. The highest BCUT2D eigenvalue weighted by atomic mass is 16.4. The fraction of sp³-hybridized carbons (Fsp3) is 0.500. The van der Waals surface area contributed by atoms with Crippen LogP contribution in [-0.4, -0.2) is 38.7 Å². The zero-order valence-electron chi connectivity index (χ0n) is 11.0. The molecule has 1 heterocycles. The van der Waals surface area contributed by atoms with E-state index in [0.717, 1.165) is 12.8 Å². The average Bonchev–Trinajstić information content (AvgIpc) is 3.08. The van der Waals surface area contributed by atoms with Crippen molar-refractivity contribution in [2.75, 3.05) is 5.32 Å². The van der Waals surface area contributed by atoms with Crippen LogP contribution in [0.2, 0.25) is 0 Å². The van der Waals surface area contributed by atoms with Gasteiger partial charge in [-0.15, -0.1) is 0 Å². The topological polar surface area (TPSA) is 113 Å². The number of carboxylic acid groups (broad SMARTS) is 1. The molecular weight excluding hydrogens is 264 g/mol. The van der Waals surface area contributed by atoms with Crippen LogP contribution in [0.15, 0.2) is 12.4 Å². The molecular formula is C12H16N4O4. The van der Waals surface area contributed by atoms with Gasteiger partial charge in [0.05, 0.1) is 11.9 Å². The molecule has 1 aromatic rings. The number of amides is 2. The van der Waals surface area contributed by atoms with Gasteiger partial charge in [-0.05, 0) is 19.8 Å². The standard InChI is InChI=1S/C12H16N4O4/c1-7(12(19)20)11(18)15-9-4-13-16(5-9)6-10(17)14-8-2-3-8/h4-5,7-8H,2-3,6H2,1H3,(H,14,17)(H,15,18)(H,19,20). The Labute approximate surface area is 115 Å². The number of carbonyl (C=O) groups excluding carboxylic acids is 2. The number of rotatable bonds is 6. The van der Waals surface area contributed by atoms with Crippen molar-refractivity contribution in [2.45, 2.75) is 32.4 Å². The zero-order valence-corrected chi connectivity index (χ0v) is 11.0. The van der Waals surface area contributed by atoms with E-state index in [0.29, 0.717) is 5.69 Å². The number of anilines is 1. The van der Waals surface area contributed by atoms with E-state index in [1.54, 1.807) is 0 Å². The molecule has 0 bridgehead atoms. The van der Waals surface area contributed by atoms with Gasteiger partial charge in [0.15, 0.2) is 0 Å². The summed E-state index contributed by atoms with van der Waals surface area (Å²) in [5.74, 6) is -3.10. The number of hydrogen-bond donors (Lipinski definition) is 3. The van der Waals surface area contributed by atoms with E-state index in [2.05, 4.69) is 15.7 Å². The number of hydrogen-bond acceptors (Lipinski definition) is 4. The SMILES string of the molecule is CC(C(=O)O)C(=O)Nc1cnn(CC(=O)NC2CC2)c1. The summed E-state index contributed by atoms with van der Waals surface area (Å²) in [6.45, 7) is 1.37. The van der Waals surface area contributed by atoms with Crippen LogP contribution in [0.25, 0.3) is 0 Å². The summed E-state index contributed by atoms with van der Waals surface area (Å²) in [5, 5.41) is 17.9. The first-order valence-electron chi connectivity index (χ1n) is 6.31. The van der Waals surface area contributed by atoms with Gasteiger partial charge in [-0.3, -0.25) is 19.1 Å². The van der Waals surface area contributed by atoms with Gasteiger partial charge in [0.1, 0.15) is 12.5 Å². The van der Waals surface area contributed by atoms with Crippen LogP contribution in [0, 0.1) is 5.92 Å². The molecule has 3 N–H and O–H groups in total. The first-order valence-corrected chi connectivity index (χ1v) is 6.31. The maximum absolute atomic E-state index is 11.6. The van der Waals surface area contributed by atoms with Crippen molar-refractivity contribution in [1.29, 1.82) is 0 Å². The number of aromatic nitrogens is 2. The van der Waals surface area contributed by atoms with Gasteiger partial charge in [0.25, 0.3) is 0 Å². The molecule has 2 amide bonds. The minimum absolute atomic E-state index is 0.0703. The molecule has 1 aromatic heterocycles. The molecule has 1 aliphatic carbocycles. The number of nitrogens with one attached hydrogen (secondary N) is 2. The van der Waals surface area contributed by atoms with E-state index in [9.17, 15) is 14.4 Å². The largest absolute Gasteiger partial charge is 0.481 e. The Balaban J connectivity index is 1.86. The van der Waals surface area contributed by atoms with E-state index < -0.39 is 17.8 Å². The summed E-state index contributed by atoms with van der Waals surface area (Å²) in [7, 11) is 0. The molecule has 1 fully saturated rings. The Morgan fingerprint density at radius 3 is 2.80 bits per heavy atom. The molecule has 0 spiro atoms. The molecule has 20 heavy (non-hydrogen) atoms. The van der Waals surface area contributed by atoms with Crippen LogP contribution in [0.5, 0.6) is 0 Å². The summed E-state index contributed by atoms with van der Waals surface area (Å²) < 4.78 is 1.39. The van der Waals surface area contributed by atoms with Crippen molar-refractivity contribution in [3.63, 3.8) is 0 Å². The highest BCUT2D eigenvalue weighted by Gasteiger charge is 2.23. The van der Waals surface area contributed by atoms with Crippen LogP contribution in [0.4, 0.5) is 5.69 Å². The maximum Gasteiger partial charge on any atom is 0.315 e. The van der Waals surface area contributed by atoms with E-state index >= 15 is 0 Å². The van der Waals surface area contributed by atoms with Crippen molar-refractivity contribution in [1.82, 2.24) is 15.1 Å². The van der Waals surface area contributed by atoms with Crippen molar-refractivity contribution in [3.05, 3.63) is 12.4 Å². The molecule has 1 unspecified atom stereocenters. The van der Waals surface area contributed by atoms with E-state index in [4.69, 9.17) is 5.11 Å². The average molecular weight is 280 g/mol. The van der Waals surface area contributed by atoms with Gasteiger partial charge in [-0.1, -0.05) is 0 Å². The first kappa shape index (κ1) is 14.0. The highest BCUT2D eigenvalue weighted by molar-refractivity contribution is 6.03. The lowest BCUT2D eigenvalue weighted by molar-refractivity contribution is -0.144. The quantitative estimate of drug-likeness (QED) is 0.626. The monoisotopic (exact) mass is 280 g/mol. The fourth-order valence-electron chi connectivity index (χ4n) is 1.53. The molecule has 0 aromatic carbocycles. The number of aliphatic carboxylic acids is 1. The predicted octanol–water partition coefficient (Wildman–Crippen LogP) is -0.179. The van der Waals surface area contributed by atoms with Crippen LogP contribution in [0.1, 0.15) is 19.8 Å². The van der Waals surface area contributed by atoms with Gasteiger partial charge in [-0.2, -0.15) is 5.10 Å². The number of carboxylic acids is 1. The molecule has 108 valence electrons. The summed E-state index contributed by atoms with van der Waals surface area (Å²) in [4.78, 5) is 33.7. The lowest BCUT2D eigenvalue weighted by atomic mass is 10.2. The Bertz CT molecular complexity index is 535. The van der Waals surface area contributed by atoms with Crippen LogP contribution in [0.3, 0.4) is 0 Å². The van der Waals surface area contributed by atoms with Gasteiger partial charge >= 0.3 is 5.97 Å². The molecule has 8 nitrogen and oxygen atoms in total. The summed E-state index contributed by atoms with van der Waals surface area (Å²) in [5.41, 5.74) is 0.363. The highest BCUT2D eigenvalue weighted by Crippen LogP contribution is 2.18. The fourth-order valence-corrected chi connectivity index (χ4v) is 1.53. The second-order valence-corrected chi connectivity index (χ2v) is 4.82. The van der Waals surface area contributed by atoms with E-state index in [1.165, 1.54) is 24.0 Å². The molecule has 0 aliphatic heterocycles. The molecule has 0 saturated heterocycles. The first-order chi connectivity index (χ1) is 9.45. The molecule has 1 aliphatic rings. The molecule has 2 rings (SSSR count). The Kier molecular flexibility index (Phi) is 4.02. The number of carbonyl (C=O) groups is 3. The third kappa shape index (κ3) is 3.81. The van der Waals surface area contributed by atoms with Gasteiger partial charge in [0, 0.05) is 12.2 Å². The van der Waals surface area contributed by atoms with Gasteiger partial charge in [-0.25, -0.2) is 0 Å². The molecule has 8 heteroatoms. The zero-order chi connectivity index (χ0) is 14.7. The minimum Gasteiger partial charge on any atom is -0.481 e. The summed E-state index contributed by atoms with van der Waals surface area (Å²) in [6, 6.07) is 0.286. The Morgan fingerprint density at radius 2 is 2.20 bits per heavy atom. The van der Waals surface area contributed by atoms with Gasteiger partial charge in [0.2, 0.25) is 11.8 Å². The van der Waals surface area contributed by atoms with Crippen LogP contribution >= 0.6 is 0 Å². The summed E-state index contributed by atoms with van der Waals surface area (Å²) in [6.07, 6.45) is 4.88. The Morgan fingerprint density at radius 1 is 1.50 bits per heavy atom. The van der Waals surface area contributed by atoms with Gasteiger partial charge < -0.3 is 15.7 Å². The molecule has 1 saturated carbocycles.